The quantitative estimate of drug-likeness (QED) is 0.185. The average molecular weight is 431 g/mol. The minimum atomic E-state index is -0.501. The Morgan fingerprint density at radius 2 is 1.53 bits per heavy atom. The van der Waals surface area contributed by atoms with Gasteiger partial charge in [-0.15, -0.1) is 0 Å². The van der Waals surface area contributed by atoms with Crippen molar-refractivity contribution in [1.29, 1.82) is 0 Å². The lowest BCUT2D eigenvalue weighted by Gasteiger charge is -2.14. The van der Waals surface area contributed by atoms with Crippen LogP contribution in [0.3, 0.4) is 0 Å². The number of nitrogens with one attached hydrogen (secondary N) is 2. The normalized spacial score (nSPS) is 13.3. The summed E-state index contributed by atoms with van der Waals surface area (Å²) in [6.45, 7) is 7.23. The van der Waals surface area contributed by atoms with Crippen LogP contribution in [0.2, 0.25) is 0 Å². The van der Waals surface area contributed by atoms with Crippen LogP contribution in [-0.4, -0.2) is 61.7 Å². The highest BCUT2D eigenvalue weighted by Gasteiger charge is 2.14. The van der Waals surface area contributed by atoms with Crippen LogP contribution in [0.5, 0.6) is 0 Å². The Morgan fingerprint density at radius 1 is 0.900 bits per heavy atom. The van der Waals surface area contributed by atoms with E-state index in [0.29, 0.717) is 26.3 Å². The molecule has 0 fully saturated rings. The molecule has 0 aliphatic heterocycles. The first-order chi connectivity index (χ1) is 14.7. The SMILES string of the molecule is CCCCC(CC)C(=O)NCCCCCCCCCCCOCC(O)CNCCO. The molecule has 0 spiro atoms. The first-order valence-corrected chi connectivity index (χ1v) is 12.5. The highest BCUT2D eigenvalue weighted by molar-refractivity contribution is 5.78. The maximum absolute atomic E-state index is 12.1. The molecule has 4 N–H and O–H groups in total. The molecule has 0 saturated heterocycles. The monoisotopic (exact) mass is 430 g/mol. The first-order valence-electron chi connectivity index (χ1n) is 12.5. The lowest BCUT2D eigenvalue weighted by molar-refractivity contribution is -0.125. The third-order valence-electron chi connectivity index (χ3n) is 5.51. The smallest absolute Gasteiger partial charge is 0.223 e. The zero-order valence-electron chi connectivity index (χ0n) is 19.8. The van der Waals surface area contributed by atoms with Crippen LogP contribution in [0, 0.1) is 5.92 Å². The van der Waals surface area contributed by atoms with E-state index in [1.54, 1.807) is 0 Å². The Bertz CT molecular complexity index is 369. The highest BCUT2D eigenvalue weighted by Crippen LogP contribution is 2.13. The van der Waals surface area contributed by atoms with E-state index in [9.17, 15) is 9.90 Å². The molecule has 0 aromatic heterocycles. The maximum Gasteiger partial charge on any atom is 0.223 e. The van der Waals surface area contributed by atoms with Crippen LogP contribution in [0.15, 0.2) is 0 Å². The summed E-state index contributed by atoms with van der Waals surface area (Å²) in [6, 6.07) is 0. The topological polar surface area (TPSA) is 90.8 Å². The molecule has 2 unspecified atom stereocenters. The van der Waals surface area contributed by atoms with Gasteiger partial charge in [0.2, 0.25) is 5.91 Å². The Hall–Kier alpha value is -0.690. The van der Waals surface area contributed by atoms with Crippen LogP contribution in [0.1, 0.15) is 97.3 Å². The zero-order valence-corrected chi connectivity index (χ0v) is 19.8. The fraction of sp³-hybridized carbons (Fsp3) is 0.958. The van der Waals surface area contributed by atoms with Crippen molar-refractivity contribution < 1.29 is 19.7 Å². The van der Waals surface area contributed by atoms with Crippen molar-refractivity contribution in [2.24, 2.45) is 5.92 Å². The van der Waals surface area contributed by atoms with Crippen molar-refractivity contribution in [3.63, 3.8) is 0 Å². The van der Waals surface area contributed by atoms with Gasteiger partial charge in [0, 0.05) is 32.2 Å². The van der Waals surface area contributed by atoms with Crippen molar-refractivity contribution in [3.8, 4) is 0 Å². The number of ether oxygens (including phenoxy) is 1. The molecule has 0 radical (unpaired) electrons. The number of rotatable bonds is 23. The summed E-state index contributed by atoms with van der Waals surface area (Å²) in [5.41, 5.74) is 0. The number of hydrogen-bond acceptors (Lipinski definition) is 5. The molecular weight excluding hydrogens is 380 g/mol. The van der Waals surface area contributed by atoms with E-state index in [0.717, 1.165) is 45.1 Å². The third-order valence-corrected chi connectivity index (χ3v) is 5.51. The third kappa shape index (κ3) is 19.3. The second-order valence-electron chi connectivity index (χ2n) is 8.38. The molecule has 0 bridgehead atoms. The summed E-state index contributed by atoms with van der Waals surface area (Å²) < 4.78 is 5.48. The summed E-state index contributed by atoms with van der Waals surface area (Å²) in [6.07, 6.45) is 14.7. The second kappa shape index (κ2) is 23.0. The minimum absolute atomic E-state index is 0.0877. The maximum atomic E-state index is 12.1. The molecule has 6 heteroatoms. The van der Waals surface area contributed by atoms with Crippen molar-refractivity contribution in [2.45, 2.75) is 103 Å². The van der Waals surface area contributed by atoms with Gasteiger partial charge in [0.25, 0.3) is 0 Å². The zero-order chi connectivity index (χ0) is 22.3. The number of amides is 1. The Labute approximate surface area is 185 Å². The molecule has 2 atom stereocenters. The van der Waals surface area contributed by atoms with Crippen molar-refractivity contribution in [3.05, 3.63) is 0 Å². The number of carbonyl (C=O) groups excluding carboxylic acids is 1. The standard InChI is InChI=1S/C24H50N2O4/c1-3-5-15-22(4-2)24(29)26-16-13-11-9-7-6-8-10-12-14-19-30-21-23(28)20-25-17-18-27/h22-23,25,27-28H,3-21H2,1-2H3,(H,26,29). The van der Waals surface area contributed by atoms with Crippen LogP contribution >= 0.6 is 0 Å². The van der Waals surface area contributed by atoms with Crippen LogP contribution < -0.4 is 10.6 Å². The fourth-order valence-electron chi connectivity index (χ4n) is 3.52. The second-order valence-corrected chi connectivity index (χ2v) is 8.38. The van der Waals surface area contributed by atoms with Crippen LogP contribution in [0.4, 0.5) is 0 Å². The van der Waals surface area contributed by atoms with Gasteiger partial charge in [0.15, 0.2) is 0 Å². The summed E-state index contributed by atoms with van der Waals surface area (Å²) in [5.74, 6) is 0.456. The Balaban J connectivity index is 3.30. The Kier molecular flexibility index (Phi) is 22.5. The van der Waals surface area contributed by atoms with Gasteiger partial charge in [-0.2, -0.15) is 0 Å². The van der Waals surface area contributed by atoms with Gasteiger partial charge < -0.3 is 25.6 Å². The molecule has 0 rings (SSSR count). The minimum Gasteiger partial charge on any atom is -0.395 e. The van der Waals surface area contributed by atoms with Gasteiger partial charge in [-0.25, -0.2) is 0 Å². The summed E-state index contributed by atoms with van der Waals surface area (Å²) in [4.78, 5) is 12.1. The molecule has 0 aromatic carbocycles. The predicted octanol–water partition coefficient (Wildman–Crippen LogP) is 3.79. The molecule has 6 nitrogen and oxygen atoms in total. The first kappa shape index (κ1) is 29.3. The lowest BCUT2D eigenvalue weighted by atomic mass is 9.98. The summed E-state index contributed by atoms with van der Waals surface area (Å²) >= 11 is 0. The van der Waals surface area contributed by atoms with E-state index in [1.807, 2.05) is 0 Å². The number of unbranched alkanes of at least 4 members (excludes halogenated alkanes) is 9. The van der Waals surface area contributed by atoms with E-state index in [1.165, 1.54) is 44.9 Å². The summed E-state index contributed by atoms with van der Waals surface area (Å²) in [7, 11) is 0. The molecule has 0 aromatic rings. The molecule has 30 heavy (non-hydrogen) atoms. The average Bonchev–Trinajstić information content (AvgIpc) is 2.74. The van der Waals surface area contributed by atoms with E-state index in [4.69, 9.17) is 9.84 Å². The number of carbonyl (C=O) groups is 1. The predicted molar refractivity (Wildman–Crippen MR) is 125 cm³/mol. The largest absolute Gasteiger partial charge is 0.395 e. The van der Waals surface area contributed by atoms with Crippen LogP contribution in [0.25, 0.3) is 0 Å². The van der Waals surface area contributed by atoms with Crippen molar-refractivity contribution >= 4 is 5.91 Å². The van der Waals surface area contributed by atoms with Crippen LogP contribution in [-0.2, 0) is 9.53 Å². The molecule has 0 aliphatic rings. The summed E-state index contributed by atoms with van der Waals surface area (Å²) in [5, 5.41) is 24.4. The molecule has 0 heterocycles. The molecular formula is C24H50N2O4. The van der Waals surface area contributed by atoms with E-state index in [2.05, 4.69) is 24.5 Å². The van der Waals surface area contributed by atoms with E-state index < -0.39 is 6.10 Å². The van der Waals surface area contributed by atoms with Gasteiger partial charge in [-0.1, -0.05) is 71.6 Å². The molecule has 0 aliphatic carbocycles. The number of aliphatic hydroxyl groups excluding tert-OH is 2. The van der Waals surface area contributed by atoms with Crippen molar-refractivity contribution in [2.75, 3.05) is 39.5 Å². The lowest BCUT2D eigenvalue weighted by Crippen LogP contribution is -2.32. The van der Waals surface area contributed by atoms with Gasteiger partial charge >= 0.3 is 0 Å². The van der Waals surface area contributed by atoms with Gasteiger partial charge in [-0.05, 0) is 25.7 Å². The van der Waals surface area contributed by atoms with Gasteiger partial charge in [0.05, 0.1) is 19.3 Å². The highest BCUT2D eigenvalue weighted by atomic mass is 16.5. The fourth-order valence-corrected chi connectivity index (χ4v) is 3.52. The van der Waals surface area contributed by atoms with Crippen molar-refractivity contribution in [1.82, 2.24) is 10.6 Å². The molecule has 180 valence electrons. The molecule has 0 saturated carbocycles. The Morgan fingerprint density at radius 3 is 2.13 bits per heavy atom. The van der Waals surface area contributed by atoms with E-state index in [-0.39, 0.29) is 18.4 Å². The number of hydrogen-bond donors (Lipinski definition) is 4. The van der Waals surface area contributed by atoms with Gasteiger partial charge in [0.1, 0.15) is 0 Å². The number of aliphatic hydroxyl groups is 2. The van der Waals surface area contributed by atoms with Gasteiger partial charge in [-0.3, -0.25) is 4.79 Å². The van der Waals surface area contributed by atoms with E-state index >= 15 is 0 Å². The molecule has 1 amide bonds.